The predicted octanol–water partition coefficient (Wildman–Crippen LogP) is 2.61. The molecule has 0 aliphatic carbocycles. The van der Waals surface area contributed by atoms with Crippen LogP contribution in [-0.2, 0) is 9.47 Å². The van der Waals surface area contributed by atoms with E-state index in [1.165, 1.54) is 0 Å². The van der Waals surface area contributed by atoms with Crippen LogP contribution in [0.1, 0.15) is 17.0 Å². The Hall–Kier alpha value is -2.31. The molecule has 1 amide bonds. The number of benzene rings is 1. The van der Waals surface area contributed by atoms with E-state index in [0.717, 1.165) is 6.42 Å². The van der Waals surface area contributed by atoms with Crippen LogP contribution >= 0.6 is 0 Å². The number of methoxy groups -OCH3 is 1. The number of hydrogen-bond acceptors (Lipinski definition) is 5. The summed E-state index contributed by atoms with van der Waals surface area (Å²) in [6, 6.07) is 12.2. The summed E-state index contributed by atoms with van der Waals surface area (Å²) in [6.45, 7) is 1.07. The van der Waals surface area contributed by atoms with Gasteiger partial charge < -0.3 is 23.9 Å². The molecule has 1 N–H and O–H groups in total. The molecule has 0 saturated carbocycles. The predicted molar refractivity (Wildman–Crippen MR) is 82.7 cm³/mol. The maximum Gasteiger partial charge on any atom is 0.290 e. The van der Waals surface area contributed by atoms with Gasteiger partial charge in [0.1, 0.15) is 5.75 Å². The molecule has 1 fully saturated rings. The van der Waals surface area contributed by atoms with Crippen LogP contribution in [0.4, 0.5) is 0 Å². The molecule has 0 unspecified atom stereocenters. The van der Waals surface area contributed by atoms with Gasteiger partial charge in [0.25, 0.3) is 11.9 Å². The van der Waals surface area contributed by atoms with Crippen LogP contribution in [0.3, 0.4) is 0 Å². The van der Waals surface area contributed by atoms with E-state index in [4.69, 9.17) is 18.6 Å². The third kappa shape index (κ3) is 3.91. The summed E-state index contributed by atoms with van der Waals surface area (Å²) in [7, 11) is 1.63. The van der Waals surface area contributed by atoms with Crippen molar-refractivity contribution in [1.82, 2.24) is 5.32 Å². The van der Waals surface area contributed by atoms with Gasteiger partial charge in [-0.25, -0.2) is 0 Å². The van der Waals surface area contributed by atoms with Crippen molar-refractivity contribution >= 4 is 5.91 Å². The van der Waals surface area contributed by atoms with Gasteiger partial charge in [-0.1, -0.05) is 18.2 Å². The minimum Gasteiger partial charge on any atom is -0.426 e. The minimum atomic E-state index is -0.314. The quantitative estimate of drug-likeness (QED) is 0.918. The fraction of sp³-hybridized carbons (Fsp3) is 0.353. The van der Waals surface area contributed by atoms with Gasteiger partial charge in [-0.05, 0) is 24.6 Å². The summed E-state index contributed by atoms with van der Waals surface area (Å²) in [4.78, 5) is 12.3. The lowest BCUT2D eigenvalue weighted by molar-refractivity contribution is -0.0351. The van der Waals surface area contributed by atoms with Gasteiger partial charge >= 0.3 is 0 Å². The van der Waals surface area contributed by atoms with Crippen LogP contribution in [-0.4, -0.2) is 38.4 Å². The molecule has 0 spiro atoms. The average Bonchev–Trinajstić information content (AvgIpc) is 3.05. The van der Waals surface area contributed by atoms with Crippen LogP contribution in [0.25, 0.3) is 0 Å². The number of furan rings is 1. The highest BCUT2D eigenvalue weighted by Crippen LogP contribution is 2.23. The standard InChI is InChI=1S/C17H19NO5/c1-20-14-9-10-21-11-13(14)18-17(19)15-7-8-16(23-15)22-12-5-3-2-4-6-12/h2-8,13-14H,9-11H2,1H3,(H,18,19)/t13-,14-/m1/s1. The molecule has 1 aliphatic heterocycles. The molecular weight excluding hydrogens is 298 g/mol. The zero-order valence-electron chi connectivity index (χ0n) is 12.9. The summed E-state index contributed by atoms with van der Waals surface area (Å²) < 4.78 is 21.7. The van der Waals surface area contributed by atoms with Gasteiger partial charge in [-0.2, -0.15) is 0 Å². The Morgan fingerprint density at radius 3 is 2.83 bits per heavy atom. The molecule has 3 rings (SSSR count). The summed E-state index contributed by atoms with van der Waals surface area (Å²) in [5, 5.41) is 2.88. The molecule has 2 aromatic rings. The van der Waals surface area contributed by atoms with Crippen LogP contribution in [0, 0.1) is 0 Å². The van der Waals surface area contributed by atoms with Crippen molar-refractivity contribution in [3.63, 3.8) is 0 Å². The third-order valence-electron chi connectivity index (χ3n) is 3.68. The second-order valence-corrected chi connectivity index (χ2v) is 5.25. The van der Waals surface area contributed by atoms with E-state index < -0.39 is 0 Å². The van der Waals surface area contributed by atoms with Gasteiger partial charge in [0.05, 0.1) is 18.8 Å². The summed E-state index contributed by atoms with van der Waals surface area (Å²) >= 11 is 0. The lowest BCUT2D eigenvalue weighted by atomic mass is 10.1. The molecule has 23 heavy (non-hydrogen) atoms. The van der Waals surface area contributed by atoms with E-state index in [-0.39, 0.29) is 29.8 Å². The lowest BCUT2D eigenvalue weighted by Gasteiger charge is -2.30. The Kier molecular flexibility index (Phi) is 4.95. The Morgan fingerprint density at radius 2 is 2.04 bits per heavy atom. The van der Waals surface area contributed by atoms with Crippen molar-refractivity contribution < 1.29 is 23.4 Å². The average molecular weight is 317 g/mol. The molecule has 6 nitrogen and oxygen atoms in total. The monoisotopic (exact) mass is 317 g/mol. The van der Waals surface area contributed by atoms with E-state index in [1.54, 1.807) is 19.2 Å². The largest absolute Gasteiger partial charge is 0.426 e. The second kappa shape index (κ2) is 7.30. The number of amides is 1. The fourth-order valence-corrected chi connectivity index (χ4v) is 2.48. The maximum absolute atomic E-state index is 12.3. The van der Waals surface area contributed by atoms with Crippen molar-refractivity contribution in [2.24, 2.45) is 0 Å². The highest BCUT2D eigenvalue weighted by atomic mass is 16.6. The number of ether oxygens (including phenoxy) is 3. The number of para-hydroxylation sites is 1. The number of carbonyl (C=O) groups is 1. The van der Waals surface area contributed by atoms with Crippen molar-refractivity contribution in [3.05, 3.63) is 48.2 Å². The molecular formula is C17H19NO5. The van der Waals surface area contributed by atoms with Gasteiger partial charge in [0.2, 0.25) is 0 Å². The van der Waals surface area contributed by atoms with Crippen molar-refractivity contribution in [1.29, 1.82) is 0 Å². The Bertz CT molecular complexity index is 639. The van der Waals surface area contributed by atoms with Crippen molar-refractivity contribution in [3.8, 4) is 11.7 Å². The van der Waals surface area contributed by atoms with Crippen LogP contribution in [0.5, 0.6) is 11.7 Å². The number of carbonyl (C=O) groups excluding carboxylic acids is 1. The molecule has 122 valence electrons. The molecule has 0 bridgehead atoms. The number of hydrogen-bond donors (Lipinski definition) is 1. The van der Waals surface area contributed by atoms with Crippen LogP contribution < -0.4 is 10.1 Å². The summed E-state index contributed by atoms with van der Waals surface area (Å²) in [6.07, 6.45) is 0.699. The molecule has 1 aromatic heterocycles. The molecule has 1 aromatic carbocycles. The Morgan fingerprint density at radius 1 is 1.22 bits per heavy atom. The molecule has 2 atom stereocenters. The molecule has 6 heteroatoms. The highest BCUT2D eigenvalue weighted by Gasteiger charge is 2.28. The SMILES string of the molecule is CO[C@@H]1CCOC[C@H]1NC(=O)c1ccc(Oc2ccccc2)o1. The van der Waals surface area contributed by atoms with Crippen LogP contribution in [0.15, 0.2) is 46.9 Å². The van der Waals surface area contributed by atoms with E-state index in [9.17, 15) is 4.79 Å². The molecule has 1 saturated heterocycles. The molecule has 1 aliphatic rings. The van der Waals surface area contributed by atoms with Gasteiger partial charge in [-0.15, -0.1) is 0 Å². The zero-order chi connectivity index (χ0) is 16.1. The van der Waals surface area contributed by atoms with Gasteiger partial charge in [-0.3, -0.25) is 4.79 Å². The first-order valence-electron chi connectivity index (χ1n) is 7.50. The van der Waals surface area contributed by atoms with Gasteiger partial charge in [0.15, 0.2) is 5.76 Å². The number of rotatable bonds is 5. The second-order valence-electron chi connectivity index (χ2n) is 5.25. The van der Waals surface area contributed by atoms with Crippen molar-refractivity contribution in [2.75, 3.05) is 20.3 Å². The van der Waals surface area contributed by atoms with E-state index >= 15 is 0 Å². The first kappa shape index (κ1) is 15.6. The smallest absolute Gasteiger partial charge is 0.290 e. The summed E-state index contributed by atoms with van der Waals surface area (Å²) in [5.41, 5.74) is 0. The third-order valence-corrected chi connectivity index (χ3v) is 3.68. The molecule has 2 heterocycles. The van der Waals surface area contributed by atoms with E-state index in [0.29, 0.717) is 19.0 Å². The fourth-order valence-electron chi connectivity index (χ4n) is 2.48. The maximum atomic E-state index is 12.3. The topological polar surface area (TPSA) is 69.9 Å². The zero-order valence-corrected chi connectivity index (χ0v) is 12.9. The van der Waals surface area contributed by atoms with Crippen molar-refractivity contribution in [2.45, 2.75) is 18.6 Å². The minimum absolute atomic E-state index is 0.0531. The first-order chi connectivity index (χ1) is 11.3. The van der Waals surface area contributed by atoms with E-state index in [2.05, 4.69) is 5.32 Å². The Labute approximate surface area is 134 Å². The Balaban J connectivity index is 1.62. The number of nitrogens with one attached hydrogen (secondary N) is 1. The first-order valence-corrected chi connectivity index (χ1v) is 7.50. The normalized spacial score (nSPS) is 20.9. The highest BCUT2D eigenvalue weighted by molar-refractivity contribution is 5.91. The van der Waals surface area contributed by atoms with Crippen LogP contribution in [0.2, 0.25) is 0 Å². The van der Waals surface area contributed by atoms with Gasteiger partial charge in [0, 0.05) is 19.8 Å². The lowest BCUT2D eigenvalue weighted by Crippen LogP contribution is -2.50. The molecule has 0 radical (unpaired) electrons. The summed E-state index contributed by atoms with van der Waals surface area (Å²) in [5.74, 6) is 0.792. The van der Waals surface area contributed by atoms with E-state index in [1.807, 2.05) is 30.3 Å².